The van der Waals surface area contributed by atoms with Gasteiger partial charge in [0.1, 0.15) is 16.6 Å². The van der Waals surface area contributed by atoms with Crippen molar-refractivity contribution in [1.29, 1.82) is 0 Å². The third kappa shape index (κ3) is 4.26. The number of hydrogen-bond donors (Lipinski definition) is 1. The SMILES string of the molecule is O=C(O)CN1C(=O)C(=Cc2ccc(N3CCOCC3)c([N+](=O)[O-])c2)SC1=S. The number of ether oxygens (including phenoxy) is 1. The molecule has 142 valence electrons. The Morgan fingerprint density at radius 3 is 2.74 bits per heavy atom. The van der Waals surface area contributed by atoms with Gasteiger partial charge in [-0.3, -0.25) is 24.6 Å². The van der Waals surface area contributed by atoms with Crippen LogP contribution in [0.4, 0.5) is 11.4 Å². The van der Waals surface area contributed by atoms with E-state index in [1.165, 1.54) is 12.1 Å². The lowest BCUT2D eigenvalue weighted by atomic mass is 10.1. The van der Waals surface area contributed by atoms with Crippen molar-refractivity contribution in [3.63, 3.8) is 0 Å². The van der Waals surface area contributed by atoms with E-state index in [1.54, 1.807) is 12.1 Å². The molecule has 2 saturated heterocycles. The number of rotatable bonds is 5. The maximum Gasteiger partial charge on any atom is 0.323 e. The van der Waals surface area contributed by atoms with Gasteiger partial charge in [-0.25, -0.2) is 0 Å². The predicted octanol–water partition coefficient (Wildman–Crippen LogP) is 1.72. The molecule has 1 amide bonds. The molecule has 0 unspecified atom stereocenters. The number of nitro benzene ring substituents is 1. The summed E-state index contributed by atoms with van der Waals surface area (Å²) in [7, 11) is 0. The van der Waals surface area contributed by atoms with Gasteiger partial charge in [-0.2, -0.15) is 0 Å². The maximum absolute atomic E-state index is 12.3. The van der Waals surface area contributed by atoms with Crippen LogP contribution in [0.5, 0.6) is 0 Å². The number of nitrogens with zero attached hydrogens (tertiary/aromatic N) is 3. The molecular weight excluding hydrogens is 394 g/mol. The summed E-state index contributed by atoms with van der Waals surface area (Å²) < 4.78 is 5.42. The van der Waals surface area contributed by atoms with Gasteiger partial charge in [0.15, 0.2) is 0 Å². The van der Waals surface area contributed by atoms with Crippen LogP contribution in [0.25, 0.3) is 6.08 Å². The zero-order valence-electron chi connectivity index (χ0n) is 14.0. The topological polar surface area (TPSA) is 113 Å². The molecule has 0 bridgehead atoms. The zero-order chi connectivity index (χ0) is 19.6. The predicted molar refractivity (Wildman–Crippen MR) is 104 cm³/mol. The standard InChI is InChI=1S/C16H15N3O6S2/c20-14(21)9-18-15(22)13(27-16(18)26)8-10-1-2-11(12(7-10)19(23)24)17-3-5-25-6-4-17/h1-2,7-8H,3-6,9H2,(H,20,21). The lowest BCUT2D eigenvalue weighted by Crippen LogP contribution is -2.36. The van der Waals surface area contributed by atoms with E-state index in [4.69, 9.17) is 22.1 Å². The van der Waals surface area contributed by atoms with Gasteiger partial charge in [0, 0.05) is 19.2 Å². The molecule has 1 N–H and O–H groups in total. The van der Waals surface area contributed by atoms with Crippen LogP contribution in [0.1, 0.15) is 5.56 Å². The van der Waals surface area contributed by atoms with Crippen LogP contribution in [-0.4, -0.2) is 64.0 Å². The quantitative estimate of drug-likeness (QED) is 0.336. The number of anilines is 1. The number of carbonyl (C=O) groups excluding carboxylic acids is 1. The van der Waals surface area contributed by atoms with E-state index in [0.29, 0.717) is 37.6 Å². The van der Waals surface area contributed by atoms with E-state index in [2.05, 4.69) is 0 Å². The summed E-state index contributed by atoms with van der Waals surface area (Å²) in [6, 6.07) is 4.73. The van der Waals surface area contributed by atoms with Gasteiger partial charge in [0.05, 0.1) is 23.0 Å². The van der Waals surface area contributed by atoms with Crippen LogP contribution in [0.3, 0.4) is 0 Å². The van der Waals surface area contributed by atoms with Crippen LogP contribution in [0.2, 0.25) is 0 Å². The molecule has 0 aliphatic carbocycles. The molecule has 0 aromatic heterocycles. The Kier molecular flexibility index (Phi) is 5.73. The minimum Gasteiger partial charge on any atom is -0.480 e. The van der Waals surface area contributed by atoms with Crippen molar-refractivity contribution >= 4 is 57.6 Å². The smallest absolute Gasteiger partial charge is 0.323 e. The van der Waals surface area contributed by atoms with Crippen molar-refractivity contribution in [2.45, 2.75) is 0 Å². The molecule has 1 aromatic carbocycles. The molecule has 0 atom stereocenters. The van der Waals surface area contributed by atoms with Gasteiger partial charge in [-0.15, -0.1) is 0 Å². The van der Waals surface area contributed by atoms with Crippen molar-refractivity contribution in [3.05, 3.63) is 38.8 Å². The van der Waals surface area contributed by atoms with E-state index >= 15 is 0 Å². The highest BCUT2D eigenvalue weighted by Gasteiger charge is 2.33. The minimum atomic E-state index is -1.17. The van der Waals surface area contributed by atoms with Gasteiger partial charge < -0.3 is 14.7 Å². The first-order valence-electron chi connectivity index (χ1n) is 7.95. The van der Waals surface area contributed by atoms with Gasteiger partial charge in [-0.1, -0.05) is 30.0 Å². The van der Waals surface area contributed by atoms with Crippen LogP contribution >= 0.6 is 24.0 Å². The third-order valence-corrected chi connectivity index (χ3v) is 5.39. The number of thioether (sulfide) groups is 1. The Morgan fingerprint density at radius 1 is 1.41 bits per heavy atom. The Balaban J connectivity index is 1.89. The number of nitro groups is 1. The molecule has 2 aliphatic heterocycles. The molecule has 2 fully saturated rings. The van der Waals surface area contributed by atoms with Crippen LogP contribution in [0, 0.1) is 10.1 Å². The highest BCUT2D eigenvalue weighted by atomic mass is 32.2. The van der Waals surface area contributed by atoms with Crippen molar-refractivity contribution in [3.8, 4) is 0 Å². The summed E-state index contributed by atoms with van der Waals surface area (Å²) in [5.74, 6) is -1.69. The van der Waals surface area contributed by atoms with E-state index in [9.17, 15) is 19.7 Å². The number of aliphatic carboxylic acids is 1. The fourth-order valence-corrected chi connectivity index (χ4v) is 4.03. The second-order valence-electron chi connectivity index (χ2n) is 5.77. The van der Waals surface area contributed by atoms with Crippen molar-refractivity contribution in [1.82, 2.24) is 4.90 Å². The molecule has 3 rings (SSSR count). The first-order valence-corrected chi connectivity index (χ1v) is 9.17. The van der Waals surface area contributed by atoms with Crippen molar-refractivity contribution in [2.75, 3.05) is 37.7 Å². The number of carboxylic acids is 1. The number of hydrogen-bond acceptors (Lipinski definition) is 8. The lowest BCUT2D eigenvalue weighted by molar-refractivity contribution is -0.384. The Hall–Kier alpha value is -2.50. The summed E-state index contributed by atoms with van der Waals surface area (Å²) >= 11 is 6.01. The number of thiocarbonyl (C=S) groups is 1. The average molecular weight is 409 g/mol. The fourth-order valence-electron chi connectivity index (χ4n) is 2.77. The van der Waals surface area contributed by atoms with E-state index in [-0.39, 0.29) is 14.9 Å². The van der Waals surface area contributed by atoms with E-state index in [0.717, 1.165) is 16.7 Å². The number of carboxylic acid groups (broad SMARTS) is 1. The van der Waals surface area contributed by atoms with Gasteiger partial charge in [0.2, 0.25) is 0 Å². The molecule has 11 heteroatoms. The van der Waals surface area contributed by atoms with Gasteiger partial charge in [-0.05, 0) is 17.7 Å². The highest BCUT2D eigenvalue weighted by molar-refractivity contribution is 8.26. The van der Waals surface area contributed by atoms with E-state index in [1.807, 2.05) is 4.90 Å². The average Bonchev–Trinajstić information content (AvgIpc) is 2.89. The van der Waals surface area contributed by atoms with E-state index < -0.39 is 23.3 Å². The molecule has 1 aromatic rings. The summed E-state index contributed by atoms with van der Waals surface area (Å²) in [5.41, 5.74) is 0.903. The number of carbonyl (C=O) groups is 2. The third-order valence-electron chi connectivity index (χ3n) is 4.01. The Labute approximate surface area is 163 Å². The molecular formula is C16H15N3O6S2. The highest BCUT2D eigenvalue weighted by Crippen LogP contribution is 2.35. The first-order chi connectivity index (χ1) is 12.9. The summed E-state index contributed by atoms with van der Waals surface area (Å²) in [6.45, 7) is 1.62. The first kappa shape index (κ1) is 19.3. The second kappa shape index (κ2) is 8.03. The number of benzene rings is 1. The molecule has 2 aliphatic rings. The Morgan fingerprint density at radius 2 is 2.11 bits per heavy atom. The zero-order valence-corrected chi connectivity index (χ0v) is 15.6. The van der Waals surface area contributed by atoms with Crippen LogP contribution in [0.15, 0.2) is 23.1 Å². The molecule has 0 saturated carbocycles. The molecule has 2 heterocycles. The summed E-state index contributed by atoms with van der Waals surface area (Å²) in [6.07, 6.45) is 1.48. The minimum absolute atomic E-state index is 0.0633. The summed E-state index contributed by atoms with van der Waals surface area (Å²) in [4.78, 5) is 37.3. The summed E-state index contributed by atoms with van der Waals surface area (Å²) in [5, 5.41) is 20.4. The molecule has 27 heavy (non-hydrogen) atoms. The monoisotopic (exact) mass is 409 g/mol. The van der Waals surface area contributed by atoms with Crippen molar-refractivity contribution < 1.29 is 24.4 Å². The fraction of sp³-hybridized carbons (Fsp3) is 0.312. The van der Waals surface area contributed by atoms with Crippen LogP contribution in [-0.2, 0) is 14.3 Å². The number of morpholine rings is 1. The van der Waals surface area contributed by atoms with Crippen LogP contribution < -0.4 is 4.90 Å². The molecule has 0 spiro atoms. The van der Waals surface area contributed by atoms with Gasteiger partial charge in [0.25, 0.3) is 11.6 Å². The second-order valence-corrected chi connectivity index (χ2v) is 7.44. The van der Waals surface area contributed by atoms with Crippen molar-refractivity contribution in [2.24, 2.45) is 0 Å². The maximum atomic E-state index is 12.3. The molecule has 9 nitrogen and oxygen atoms in total. The van der Waals surface area contributed by atoms with Gasteiger partial charge >= 0.3 is 5.97 Å². The normalized spacial score (nSPS) is 19.0. The Bertz CT molecular complexity index is 851. The molecule has 0 radical (unpaired) electrons. The number of amides is 1. The lowest BCUT2D eigenvalue weighted by Gasteiger charge is -2.28. The largest absolute Gasteiger partial charge is 0.480 e.